The van der Waals surface area contributed by atoms with Gasteiger partial charge in [-0.2, -0.15) is 0 Å². The van der Waals surface area contributed by atoms with E-state index in [1.165, 1.54) is 6.07 Å². The van der Waals surface area contributed by atoms with Gasteiger partial charge in [0.2, 0.25) is 5.91 Å². The van der Waals surface area contributed by atoms with Crippen LogP contribution in [0.2, 0.25) is 0 Å². The molecule has 2 aromatic rings. The van der Waals surface area contributed by atoms with E-state index in [-0.39, 0.29) is 24.2 Å². The van der Waals surface area contributed by atoms with E-state index in [1.54, 1.807) is 31.4 Å². The Labute approximate surface area is 176 Å². The molecule has 1 N–H and O–H groups in total. The molecule has 5 nitrogen and oxygen atoms in total. The van der Waals surface area contributed by atoms with Crippen molar-refractivity contribution in [2.75, 3.05) is 20.3 Å². The minimum atomic E-state index is -0.566. The number of rotatable bonds is 6. The molecule has 0 aromatic heterocycles. The lowest BCUT2D eigenvalue weighted by Gasteiger charge is -2.50. The fraction of sp³-hybridized carbons (Fsp3) is 0.417. The fourth-order valence-corrected chi connectivity index (χ4v) is 5.10. The molecule has 2 amide bonds. The first kappa shape index (κ1) is 20.5. The van der Waals surface area contributed by atoms with E-state index in [9.17, 15) is 14.0 Å². The van der Waals surface area contributed by atoms with Crippen LogP contribution in [0.15, 0.2) is 48.5 Å². The summed E-state index contributed by atoms with van der Waals surface area (Å²) < 4.78 is 19.3. The normalized spacial score (nSPS) is 19.7. The lowest BCUT2D eigenvalue weighted by atomic mass is 9.71. The highest BCUT2D eigenvalue weighted by atomic mass is 19.1. The molecule has 1 atom stereocenters. The minimum Gasteiger partial charge on any atom is -0.383 e. The van der Waals surface area contributed by atoms with Crippen LogP contribution in [0, 0.1) is 5.82 Å². The zero-order valence-electron chi connectivity index (χ0n) is 17.2. The van der Waals surface area contributed by atoms with E-state index in [0.29, 0.717) is 24.3 Å². The van der Waals surface area contributed by atoms with Gasteiger partial charge < -0.3 is 15.0 Å². The largest absolute Gasteiger partial charge is 0.383 e. The molecular weight excluding hydrogens is 383 g/mol. The molecule has 0 saturated heterocycles. The Kier molecular flexibility index (Phi) is 5.86. The van der Waals surface area contributed by atoms with Crippen LogP contribution in [-0.2, 0) is 16.1 Å². The van der Waals surface area contributed by atoms with Crippen LogP contribution >= 0.6 is 0 Å². The first-order chi connectivity index (χ1) is 14.6. The number of ether oxygens (including phenoxy) is 1. The molecule has 1 aliphatic carbocycles. The summed E-state index contributed by atoms with van der Waals surface area (Å²) in [4.78, 5) is 28.8. The zero-order valence-corrected chi connectivity index (χ0v) is 17.2. The predicted octanol–water partition coefficient (Wildman–Crippen LogP) is 3.64. The van der Waals surface area contributed by atoms with Crippen LogP contribution < -0.4 is 5.32 Å². The molecule has 1 aliphatic heterocycles. The van der Waals surface area contributed by atoms with Crippen LogP contribution in [0.25, 0.3) is 0 Å². The molecular formula is C24H27FN2O3. The maximum Gasteiger partial charge on any atom is 0.254 e. The van der Waals surface area contributed by atoms with E-state index in [0.717, 1.165) is 31.2 Å². The monoisotopic (exact) mass is 410 g/mol. The van der Waals surface area contributed by atoms with Gasteiger partial charge in [-0.05, 0) is 30.5 Å². The van der Waals surface area contributed by atoms with Crippen molar-refractivity contribution in [1.82, 2.24) is 10.2 Å². The first-order valence-corrected chi connectivity index (χ1v) is 10.5. The number of nitrogens with zero attached hydrogens (tertiary/aromatic N) is 1. The van der Waals surface area contributed by atoms with E-state index >= 15 is 0 Å². The summed E-state index contributed by atoms with van der Waals surface area (Å²) in [5.41, 5.74) is 1.22. The second-order valence-electron chi connectivity index (χ2n) is 8.09. The van der Waals surface area contributed by atoms with Crippen molar-refractivity contribution in [3.63, 3.8) is 0 Å². The quantitative estimate of drug-likeness (QED) is 0.791. The lowest BCUT2D eigenvalue weighted by molar-refractivity contribution is -0.126. The number of fused-ring (bicyclic) bond motifs is 1. The van der Waals surface area contributed by atoms with Gasteiger partial charge in [-0.1, -0.05) is 49.2 Å². The Bertz CT molecular complexity index is 940. The van der Waals surface area contributed by atoms with Gasteiger partial charge >= 0.3 is 0 Å². The first-order valence-electron chi connectivity index (χ1n) is 10.5. The summed E-state index contributed by atoms with van der Waals surface area (Å²) >= 11 is 0. The van der Waals surface area contributed by atoms with Gasteiger partial charge in [0, 0.05) is 31.3 Å². The number of hydrogen-bond acceptors (Lipinski definition) is 3. The SMILES string of the molecule is COCCN1C(=O)c2ccccc2C(C(=O)NCc2ccccc2F)C12CCCC2. The molecule has 1 heterocycles. The Balaban J connectivity index is 1.71. The molecule has 30 heavy (non-hydrogen) atoms. The number of benzene rings is 2. The van der Waals surface area contributed by atoms with Gasteiger partial charge in [0.05, 0.1) is 18.1 Å². The number of nitrogens with one attached hydrogen (secondary N) is 1. The number of carbonyl (C=O) groups is 2. The summed E-state index contributed by atoms with van der Waals surface area (Å²) in [5.74, 6) is -1.03. The molecule has 2 aromatic carbocycles. The van der Waals surface area contributed by atoms with Crippen molar-refractivity contribution < 1.29 is 18.7 Å². The van der Waals surface area contributed by atoms with Gasteiger partial charge in [0.25, 0.3) is 5.91 Å². The van der Waals surface area contributed by atoms with Crippen molar-refractivity contribution in [3.8, 4) is 0 Å². The Morgan fingerprint density at radius 2 is 1.87 bits per heavy atom. The van der Waals surface area contributed by atoms with Crippen molar-refractivity contribution in [3.05, 3.63) is 71.0 Å². The second-order valence-corrected chi connectivity index (χ2v) is 8.09. The van der Waals surface area contributed by atoms with Crippen molar-refractivity contribution in [1.29, 1.82) is 0 Å². The predicted molar refractivity (Wildman–Crippen MR) is 112 cm³/mol. The smallest absolute Gasteiger partial charge is 0.254 e. The molecule has 6 heteroatoms. The third-order valence-corrected chi connectivity index (χ3v) is 6.48. The van der Waals surface area contributed by atoms with Crippen LogP contribution in [-0.4, -0.2) is 42.5 Å². The van der Waals surface area contributed by atoms with Gasteiger partial charge in [-0.25, -0.2) is 4.39 Å². The number of methoxy groups -OCH3 is 1. The molecule has 1 spiro atoms. The van der Waals surface area contributed by atoms with Crippen LogP contribution in [0.4, 0.5) is 4.39 Å². The number of hydrogen-bond donors (Lipinski definition) is 1. The molecule has 0 bridgehead atoms. The highest BCUT2D eigenvalue weighted by Gasteiger charge is 2.55. The van der Waals surface area contributed by atoms with Gasteiger partial charge in [0.1, 0.15) is 5.82 Å². The van der Waals surface area contributed by atoms with Crippen molar-refractivity contribution in [2.45, 2.75) is 43.7 Å². The molecule has 4 rings (SSSR count). The standard InChI is InChI=1S/C24H27FN2O3/c1-30-15-14-27-23(29)19-10-4-3-9-18(19)21(24(27)12-6-7-13-24)22(28)26-16-17-8-2-5-11-20(17)25/h2-5,8-11,21H,6-7,12-16H2,1H3,(H,26,28). The van der Waals surface area contributed by atoms with Gasteiger partial charge in [0.15, 0.2) is 0 Å². The van der Waals surface area contributed by atoms with E-state index < -0.39 is 11.5 Å². The van der Waals surface area contributed by atoms with E-state index in [1.807, 2.05) is 23.1 Å². The molecule has 1 fully saturated rings. The molecule has 1 saturated carbocycles. The van der Waals surface area contributed by atoms with Crippen molar-refractivity contribution in [2.24, 2.45) is 0 Å². The lowest BCUT2D eigenvalue weighted by Crippen LogP contribution is -2.61. The maximum absolute atomic E-state index is 14.1. The molecule has 2 aliphatic rings. The third-order valence-electron chi connectivity index (χ3n) is 6.48. The van der Waals surface area contributed by atoms with Crippen LogP contribution in [0.5, 0.6) is 0 Å². The summed E-state index contributed by atoms with van der Waals surface area (Å²) in [5, 5.41) is 2.94. The number of carbonyl (C=O) groups excluding carboxylic acids is 2. The van der Waals surface area contributed by atoms with Crippen LogP contribution in [0.3, 0.4) is 0 Å². The molecule has 158 valence electrons. The zero-order chi connectivity index (χ0) is 21.1. The minimum absolute atomic E-state index is 0.0392. The molecule has 0 radical (unpaired) electrons. The Morgan fingerprint density at radius 1 is 1.17 bits per heavy atom. The van der Waals surface area contributed by atoms with Crippen LogP contribution in [0.1, 0.15) is 53.1 Å². The van der Waals surface area contributed by atoms with Gasteiger partial charge in [-0.3, -0.25) is 9.59 Å². The fourth-order valence-electron chi connectivity index (χ4n) is 5.10. The second kappa shape index (κ2) is 8.56. The summed E-state index contributed by atoms with van der Waals surface area (Å²) in [7, 11) is 1.61. The highest BCUT2D eigenvalue weighted by molar-refractivity contribution is 6.02. The molecule has 1 unspecified atom stereocenters. The average Bonchev–Trinajstić information content (AvgIpc) is 3.23. The van der Waals surface area contributed by atoms with E-state index in [4.69, 9.17) is 4.74 Å². The van der Waals surface area contributed by atoms with E-state index in [2.05, 4.69) is 5.32 Å². The highest BCUT2D eigenvalue weighted by Crippen LogP contribution is 2.50. The topological polar surface area (TPSA) is 58.6 Å². The Morgan fingerprint density at radius 3 is 2.60 bits per heavy atom. The van der Waals surface area contributed by atoms with Crippen molar-refractivity contribution >= 4 is 11.8 Å². The maximum atomic E-state index is 14.1. The summed E-state index contributed by atoms with van der Waals surface area (Å²) in [6.07, 6.45) is 3.48. The third kappa shape index (κ3) is 3.49. The average molecular weight is 410 g/mol. The summed E-state index contributed by atoms with van der Waals surface area (Å²) in [6, 6.07) is 13.8. The number of amides is 2. The Hall–Kier alpha value is -2.73. The van der Waals surface area contributed by atoms with Gasteiger partial charge in [-0.15, -0.1) is 0 Å². The number of halogens is 1. The summed E-state index contributed by atoms with van der Waals surface area (Å²) in [6.45, 7) is 0.978.